The first-order valence-electron chi connectivity index (χ1n) is 8.73. The van der Waals surface area contributed by atoms with Gasteiger partial charge in [0, 0.05) is 44.1 Å². The number of ether oxygens (including phenoxy) is 2. The Kier molecular flexibility index (Phi) is 4.05. The molecule has 0 radical (unpaired) electrons. The van der Waals surface area contributed by atoms with Gasteiger partial charge < -0.3 is 25.2 Å². The summed E-state index contributed by atoms with van der Waals surface area (Å²) in [5.74, 6) is 0.955. The SMILES string of the molecule is COCC1(C)CC2(N=C(N)N(C)C2O)c2cc(-c3cncnc3)ccc2O1. The number of rotatable bonds is 3. The number of fused-ring (bicyclic) bond motifs is 2. The van der Waals surface area contributed by atoms with E-state index in [1.807, 2.05) is 25.1 Å². The van der Waals surface area contributed by atoms with E-state index >= 15 is 0 Å². The van der Waals surface area contributed by atoms with E-state index in [2.05, 4.69) is 9.97 Å². The number of aliphatic hydroxyl groups excluding tert-OH is 1. The number of aliphatic hydroxyl groups is 1. The van der Waals surface area contributed by atoms with Crippen LogP contribution in [0.5, 0.6) is 5.75 Å². The highest BCUT2D eigenvalue weighted by atomic mass is 16.5. The number of methoxy groups -OCH3 is 1. The summed E-state index contributed by atoms with van der Waals surface area (Å²) in [6.07, 6.45) is 4.51. The number of aromatic nitrogens is 2. The van der Waals surface area contributed by atoms with Crippen LogP contribution in [-0.4, -0.2) is 58.5 Å². The Morgan fingerprint density at radius 2 is 2.07 bits per heavy atom. The molecule has 3 heterocycles. The summed E-state index contributed by atoms with van der Waals surface area (Å²) in [7, 11) is 3.36. The lowest BCUT2D eigenvalue weighted by atomic mass is 9.76. The van der Waals surface area contributed by atoms with Crippen molar-refractivity contribution in [1.29, 1.82) is 0 Å². The van der Waals surface area contributed by atoms with Gasteiger partial charge in [0.25, 0.3) is 0 Å². The molecular weight excluding hydrogens is 346 g/mol. The van der Waals surface area contributed by atoms with Crippen molar-refractivity contribution in [3.63, 3.8) is 0 Å². The molecule has 3 unspecified atom stereocenters. The lowest BCUT2D eigenvalue weighted by Crippen LogP contribution is -2.54. The Hall–Kier alpha value is -2.71. The molecule has 0 amide bonds. The van der Waals surface area contributed by atoms with Gasteiger partial charge >= 0.3 is 0 Å². The van der Waals surface area contributed by atoms with Crippen LogP contribution in [0.25, 0.3) is 11.1 Å². The summed E-state index contributed by atoms with van der Waals surface area (Å²) in [6.45, 7) is 2.32. The van der Waals surface area contributed by atoms with Crippen molar-refractivity contribution in [2.75, 3.05) is 20.8 Å². The van der Waals surface area contributed by atoms with E-state index in [-0.39, 0.29) is 0 Å². The highest BCUT2D eigenvalue weighted by Crippen LogP contribution is 2.51. The summed E-state index contributed by atoms with van der Waals surface area (Å²) in [5.41, 5.74) is 7.07. The summed E-state index contributed by atoms with van der Waals surface area (Å²) in [6, 6.07) is 5.81. The van der Waals surface area contributed by atoms with Gasteiger partial charge in [0.1, 0.15) is 23.2 Å². The van der Waals surface area contributed by atoms with Gasteiger partial charge in [-0.05, 0) is 24.6 Å². The highest BCUT2D eigenvalue weighted by Gasteiger charge is 2.56. The minimum atomic E-state index is -0.939. The van der Waals surface area contributed by atoms with Crippen LogP contribution in [0, 0.1) is 0 Å². The third-order valence-electron chi connectivity index (χ3n) is 5.26. The van der Waals surface area contributed by atoms with Crippen molar-refractivity contribution in [2.24, 2.45) is 10.7 Å². The molecule has 2 aliphatic rings. The Balaban J connectivity index is 1.89. The largest absolute Gasteiger partial charge is 0.485 e. The average Bonchev–Trinajstić information content (AvgIpc) is 2.86. The highest BCUT2D eigenvalue weighted by molar-refractivity contribution is 5.81. The number of hydrogen-bond donors (Lipinski definition) is 2. The minimum Gasteiger partial charge on any atom is -0.485 e. The molecule has 0 aliphatic carbocycles. The number of benzene rings is 1. The number of guanidine groups is 1. The van der Waals surface area contributed by atoms with E-state index in [1.165, 1.54) is 6.33 Å². The molecule has 1 aromatic carbocycles. The van der Waals surface area contributed by atoms with Crippen LogP contribution in [0.15, 0.2) is 41.9 Å². The van der Waals surface area contributed by atoms with E-state index in [0.717, 1.165) is 16.7 Å². The van der Waals surface area contributed by atoms with E-state index in [4.69, 9.17) is 20.2 Å². The number of nitrogens with two attached hydrogens (primary N) is 1. The van der Waals surface area contributed by atoms with Crippen molar-refractivity contribution in [1.82, 2.24) is 14.9 Å². The Morgan fingerprint density at radius 3 is 2.70 bits per heavy atom. The zero-order valence-electron chi connectivity index (χ0n) is 15.6. The van der Waals surface area contributed by atoms with Crippen LogP contribution in [0.3, 0.4) is 0 Å². The monoisotopic (exact) mass is 369 g/mol. The van der Waals surface area contributed by atoms with Gasteiger partial charge in [-0.3, -0.25) is 0 Å². The first-order chi connectivity index (χ1) is 12.9. The molecule has 0 saturated carbocycles. The molecular formula is C19H23N5O3. The molecule has 27 heavy (non-hydrogen) atoms. The number of likely N-dealkylation sites (N-methyl/N-ethyl adjacent to an activating group) is 1. The third-order valence-corrected chi connectivity index (χ3v) is 5.26. The van der Waals surface area contributed by atoms with Crippen LogP contribution in [0.4, 0.5) is 0 Å². The Morgan fingerprint density at radius 1 is 1.33 bits per heavy atom. The maximum Gasteiger partial charge on any atom is 0.194 e. The minimum absolute atomic E-state index is 0.295. The third kappa shape index (κ3) is 2.72. The predicted molar refractivity (Wildman–Crippen MR) is 100 cm³/mol. The zero-order chi connectivity index (χ0) is 19.2. The van der Waals surface area contributed by atoms with Crippen LogP contribution in [0.2, 0.25) is 0 Å². The predicted octanol–water partition coefficient (Wildman–Crippen LogP) is 1.11. The summed E-state index contributed by atoms with van der Waals surface area (Å²) in [5, 5.41) is 11.1. The fraction of sp³-hybridized carbons (Fsp3) is 0.421. The molecule has 142 valence electrons. The second-order valence-electron chi connectivity index (χ2n) is 7.38. The Bertz CT molecular complexity index is 890. The van der Waals surface area contributed by atoms with Gasteiger partial charge in [0.15, 0.2) is 12.2 Å². The van der Waals surface area contributed by atoms with E-state index in [1.54, 1.807) is 31.5 Å². The van der Waals surface area contributed by atoms with Gasteiger partial charge in [-0.15, -0.1) is 0 Å². The number of nitrogens with zero attached hydrogens (tertiary/aromatic N) is 4. The average molecular weight is 369 g/mol. The van der Waals surface area contributed by atoms with Crippen LogP contribution in [0.1, 0.15) is 18.9 Å². The van der Waals surface area contributed by atoms with Crippen molar-refractivity contribution in [2.45, 2.75) is 30.7 Å². The van der Waals surface area contributed by atoms with Crippen molar-refractivity contribution in [3.8, 4) is 16.9 Å². The van der Waals surface area contributed by atoms with Crippen LogP contribution >= 0.6 is 0 Å². The second-order valence-corrected chi connectivity index (χ2v) is 7.38. The quantitative estimate of drug-likeness (QED) is 0.834. The molecule has 1 spiro atoms. The first-order valence-corrected chi connectivity index (χ1v) is 8.73. The number of aliphatic imine (C=N–C) groups is 1. The fourth-order valence-corrected chi connectivity index (χ4v) is 4.05. The molecule has 0 bridgehead atoms. The molecule has 3 atom stereocenters. The fourth-order valence-electron chi connectivity index (χ4n) is 4.05. The molecule has 2 aliphatic heterocycles. The van der Waals surface area contributed by atoms with E-state index < -0.39 is 17.4 Å². The normalized spacial score (nSPS) is 29.4. The lowest BCUT2D eigenvalue weighted by molar-refractivity contribution is -0.0738. The van der Waals surface area contributed by atoms with Crippen molar-refractivity contribution < 1.29 is 14.6 Å². The molecule has 2 aromatic rings. The van der Waals surface area contributed by atoms with Gasteiger partial charge in [-0.1, -0.05) is 6.07 Å². The first kappa shape index (κ1) is 17.7. The maximum atomic E-state index is 11.1. The molecule has 0 fully saturated rings. The van der Waals surface area contributed by atoms with Crippen LogP contribution < -0.4 is 10.5 Å². The van der Waals surface area contributed by atoms with Gasteiger partial charge in [-0.25, -0.2) is 15.0 Å². The molecule has 8 heteroatoms. The standard InChI is InChI=1S/C19H23N5O3/c1-18(10-26-3)9-19(16(25)24(2)17(20)23-19)14-6-12(4-5-15(14)27-18)13-7-21-11-22-8-13/h4-8,11,16,25H,9-10H2,1-3H3,(H2,20,23). The smallest absolute Gasteiger partial charge is 0.194 e. The van der Waals surface area contributed by atoms with Gasteiger partial charge in [0.05, 0.1) is 6.61 Å². The molecule has 8 nitrogen and oxygen atoms in total. The summed E-state index contributed by atoms with van der Waals surface area (Å²) < 4.78 is 11.6. The van der Waals surface area contributed by atoms with E-state index in [0.29, 0.717) is 24.7 Å². The molecule has 1 aromatic heterocycles. The van der Waals surface area contributed by atoms with Crippen molar-refractivity contribution in [3.05, 3.63) is 42.5 Å². The maximum absolute atomic E-state index is 11.1. The summed E-state index contributed by atoms with van der Waals surface area (Å²) in [4.78, 5) is 14.5. The molecule has 3 N–H and O–H groups in total. The van der Waals surface area contributed by atoms with Gasteiger partial charge in [-0.2, -0.15) is 0 Å². The second kappa shape index (κ2) is 6.17. The lowest BCUT2D eigenvalue weighted by Gasteiger charge is -2.45. The Labute approximate surface area is 157 Å². The summed E-state index contributed by atoms with van der Waals surface area (Å²) >= 11 is 0. The van der Waals surface area contributed by atoms with E-state index in [9.17, 15) is 5.11 Å². The topological polar surface area (TPSA) is 106 Å². The van der Waals surface area contributed by atoms with Crippen molar-refractivity contribution >= 4 is 5.96 Å². The molecule has 4 rings (SSSR count). The molecule has 0 saturated heterocycles. The van der Waals surface area contributed by atoms with Crippen LogP contribution in [-0.2, 0) is 10.3 Å². The zero-order valence-corrected chi connectivity index (χ0v) is 15.6. The van der Waals surface area contributed by atoms with Gasteiger partial charge in [0.2, 0.25) is 0 Å². The number of hydrogen-bond acceptors (Lipinski definition) is 8.